The van der Waals surface area contributed by atoms with Crippen molar-refractivity contribution >= 4 is 17.2 Å². The van der Waals surface area contributed by atoms with Crippen LogP contribution in [0.4, 0.5) is 0 Å². The van der Waals surface area contributed by atoms with Gasteiger partial charge in [0.05, 0.1) is 0 Å². The molecule has 1 fully saturated rings. The molecule has 0 saturated heterocycles. The van der Waals surface area contributed by atoms with Gasteiger partial charge in [-0.3, -0.25) is 4.79 Å². The molecule has 3 nitrogen and oxygen atoms in total. The van der Waals surface area contributed by atoms with E-state index >= 15 is 0 Å². The van der Waals surface area contributed by atoms with Gasteiger partial charge >= 0.3 is 0 Å². The van der Waals surface area contributed by atoms with E-state index in [0.29, 0.717) is 13.0 Å². The van der Waals surface area contributed by atoms with Gasteiger partial charge in [-0.2, -0.15) is 0 Å². The molecule has 1 heterocycles. The van der Waals surface area contributed by atoms with Crippen LogP contribution in [0.25, 0.3) is 0 Å². The number of carbonyl (C=O) groups is 1. The number of aryl methyl sites for hydroxylation is 1. The fourth-order valence-corrected chi connectivity index (χ4v) is 2.90. The summed E-state index contributed by atoms with van der Waals surface area (Å²) in [6.07, 6.45) is 5.01. The van der Waals surface area contributed by atoms with Crippen molar-refractivity contribution in [3.63, 3.8) is 0 Å². The van der Waals surface area contributed by atoms with Crippen LogP contribution in [0.1, 0.15) is 30.6 Å². The number of carbonyl (C=O) groups excluding carboxylic acids is 1. The summed E-state index contributed by atoms with van der Waals surface area (Å²) in [4.78, 5) is 13.0. The predicted octanol–water partition coefficient (Wildman–Crippen LogP) is 1.93. The Kier molecular flexibility index (Phi) is 4.18. The number of nitrogens with two attached hydrogens (primary N) is 1. The van der Waals surface area contributed by atoms with Gasteiger partial charge in [0.1, 0.15) is 0 Å². The molecular weight excluding hydrogens is 232 g/mol. The molecule has 0 unspecified atom stereocenters. The van der Waals surface area contributed by atoms with Gasteiger partial charge in [0.25, 0.3) is 0 Å². The maximum atomic E-state index is 11.7. The van der Waals surface area contributed by atoms with Crippen molar-refractivity contribution < 1.29 is 4.79 Å². The highest BCUT2D eigenvalue weighted by Gasteiger charge is 2.35. The van der Waals surface area contributed by atoms with Crippen molar-refractivity contribution in [2.45, 2.75) is 32.1 Å². The first-order valence-corrected chi connectivity index (χ1v) is 7.11. The van der Waals surface area contributed by atoms with E-state index in [-0.39, 0.29) is 11.3 Å². The van der Waals surface area contributed by atoms with E-state index in [1.807, 2.05) is 11.4 Å². The van der Waals surface area contributed by atoms with Crippen LogP contribution in [0.15, 0.2) is 17.5 Å². The highest BCUT2D eigenvalue weighted by atomic mass is 32.1. The van der Waals surface area contributed by atoms with E-state index in [0.717, 1.165) is 25.8 Å². The van der Waals surface area contributed by atoms with E-state index in [9.17, 15) is 4.79 Å². The largest absolute Gasteiger partial charge is 0.355 e. The predicted molar refractivity (Wildman–Crippen MR) is 71.0 cm³/mol. The van der Waals surface area contributed by atoms with Gasteiger partial charge in [-0.25, -0.2) is 0 Å². The maximum Gasteiger partial charge on any atom is 0.220 e. The van der Waals surface area contributed by atoms with Crippen LogP contribution in [-0.2, 0) is 11.2 Å². The van der Waals surface area contributed by atoms with E-state index < -0.39 is 0 Å². The minimum Gasteiger partial charge on any atom is -0.355 e. The molecule has 4 heteroatoms. The molecule has 0 spiro atoms. The fourth-order valence-electron chi connectivity index (χ4n) is 2.20. The number of thiophene rings is 1. The van der Waals surface area contributed by atoms with Crippen molar-refractivity contribution in [3.05, 3.63) is 22.4 Å². The standard InChI is InChI=1S/C13H20N2OS/c14-9-13(6-2-7-13)10-15-12(16)5-4-11-3-1-8-17-11/h1,3,8H,2,4-7,9-10,14H2,(H,15,16). The number of hydrogen-bond acceptors (Lipinski definition) is 3. The topological polar surface area (TPSA) is 55.1 Å². The Hall–Kier alpha value is -0.870. The zero-order chi connectivity index (χ0) is 12.1. The lowest BCUT2D eigenvalue weighted by molar-refractivity contribution is -0.121. The Morgan fingerprint density at radius 1 is 1.53 bits per heavy atom. The first kappa shape index (κ1) is 12.6. The molecular formula is C13H20N2OS. The molecule has 1 saturated carbocycles. The van der Waals surface area contributed by atoms with Crippen molar-refractivity contribution in [2.75, 3.05) is 13.1 Å². The second-order valence-corrected chi connectivity index (χ2v) is 5.95. The summed E-state index contributed by atoms with van der Waals surface area (Å²) in [5.74, 6) is 0.151. The second-order valence-electron chi connectivity index (χ2n) is 4.91. The molecule has 1 aliphatic carbocycles. The Morgan fingerprint density at radius 3 is 2.88 bits per heavy atom. The fraction of sp³-hybridized carbons (Fsp3) is 0.615. The van der Waals surface area contributed by atoms with E-state index in [2.05, 4.69) is 11.4 Å². The van der Waals surface area contributed by atoms with Crippen LogP contribution >= 0.6 is 11.3 Å². The molecule has 3 N–H and O–H groups in total. The molecule has 0 atom stereocenters. The molecule has 1 amide bonds. The normalized spacial score (nSPS) is 17.5. The van der Waals surface area contributed by atoms with E-state index in [4.69, 9.17) is 5.73 Å². The zero-order valence-corrected chi connectivity index (χ0v) is 10.9. The van der Waals surface area contributed by atoms with Crippen LogP contribution in [0.5, 0.6) is 0 Å². The maximum absolute atomic E-state index is 11.7. The summed E-state index contributed by atoms with van der Waals surface area (Å²) in [6, 6.07) is 4.10. The smallest absolute Gasteiger partial charge is 0.220 e. The van der Waals surface area contributed by atoms with Crippen LogP contribution in [0.3, 0.4) is 0 Å². The minimum absolute atomic E-state index is 0.151. The summed E-state index contributed by atoms with van der Waals surface area (Å²) in [6.45, 7) is 1.45. The molecule has 17 heavy (non-hydrogen) atoms. The summed E-state index contributed by atoms with van der Waals surface area (Å²) >= 11 is 1.71. The van der Waals surface area contributed by atoms with Crippen molar-refractivity contribution in [1.82, 2.24) is 5.32 Å². The average molecular weight is 252 g/mol. The Morgan fingerprint density at radius 2 is 2.35 bits per heavy atom. The van der Waals surface area contributed by atoms with Crippen molar-refractivity contribution in [3.8, 4) is 0 Å². The first-order valence-electron chi connectivity index (χ1n) is 6.23. The molecule has 0 bridgehead atoms. The van der Waals surface area contributed by atoms with Gasteiger partial charge in [0, 0.05) is 17.8 Å². The molecule has 94 valence electrons. The SMILES string of the molecule is NCC1(CNC(=O)CCc2cccs2)CCC1. The number of nitrogens with one attached hydrogen (secondary N) is 1. The molecule has 1 aromatic rings. The van der Waals surface area contributed by atoms with Gasteiger partial charge in [-0.05, 0) is 42.7 Å². The van der Waals surface area contributed by atoms with Crippen molar-refractivity contribution in [1.29, 1.82) is 0 Å². The molecule has 1 aromatic heterocycles. The monoisotopic (exact) mass is 252 g/mol. The van der Waals surface area contributed by atoms with Gasteiger partial charge in [-0.15, -0.1) is 11.3 Å². The quantitative estimate of drug-likeness (QED) is 0.813. The van der Waals surface area contributed by atoms with Gasteiger partial charge in [0.15, 0.2) is 0 Å². The van der Waals surface area contributed by atoms with Crippen molar-refractivity contribution in [2.24, 2.45) is 11.1 Å². The summed E-state index contributed by atoms with van der Waals surface area (Å²) in [5.41, 5.74) is 5.96. The Labute approximate surface area is 106 Å². The van der Waals surface area contributed by atoms with E-state index in [1.165, 1.54) is 11.3 Å². The lowest BCUT2D eigenvalue weighted by atomic mass is 9.69. The molecule has 0 aliphatic heterocycles. The Bertz CT molecular complexity index is 352. The van der Waals surface area contributed by atoms with E-state index in [1.54, 1.807) is 11.3 Å². The number of amides is 1. The summed E-state index contributed by atoms with van der Waals surface area (Å²) in [5, 5.41) is 5.07. The lowest BCUT2D eigenvalue weighted by Crippen LogP contribution is -2.46. The van der Waals surface area contributed by atoms with Crippen LogP contribution in [0.2, 0.25) is 0 Å². The molecule has 0 radical (unpaired) electrons. The average Bonchev–Trinajstić information content (AvgIpc) is 2.78. The third-order valence-electron chi connectivity index (χ3n) is 3.69. The molecule has 0 aromatic carbocycles. The third kappa shape index (κ3) is 3.30. The first-order chi connectivity index (χ1) is 8.24. The van der Waals surface area contributed by atoms with Crippen LogP contribution in [0, 0.1) is 5.41 Å². The summed E-state index contributed by atoms with van der Waals surface area (Å²) < 4.78 is 0. The Balaban J connectivity index is 1.67. The summed E-state index contributed by atoms with van der Waals surface area (Å²) in [7, 11) is 0. The van der Waals surface area contributed by atoms with Crippen LogP contribution in [-0.4, -0.2) is 19.0 Å². The number of rotatable bonds is 6. The molecule has 1 aliphatic rings. The molecule has 2 rings (SSSR count). The second kappa shape index (κ2) is 5.65. The van der Waals surface area contributed by atoms with Gasteiger partial charge in [-0.1, -0.05) is 12.5 Å². The minimum atomic E-state index is 0.151. The van der Waals surface area contributed by atoms with Gasteiger partial charge in [0.2, 0.25) is 5.91 Å². The zero-order valence-electron chi connectivity index (χ0n) is 10.1. The highest BCUT2D eigenvalue weighted by Crippen LogP contribution is 2.39. The lowest BCUT2D eigenvalue weighted by Gasteiger charge is -2.41. The number of hydrogen-bond donors (Lipinski definition) is 2. The third-order valence-corrected chi connectivity index (χ3v) is 4.62. The van der Waals surface area contributed by atoms with Gasteiger partial charge < -0.3 is 11.1 Å². The highest BCUT2D eigenvalue weighted by molar-refractivity contribution is 7.09. The van der Waals surface area contributed by atoms with Crippen LogP contribution < -0.4 is 11.1 Å².